The number of phenols is 1. The number of hydrogen-bond acceptors (Lipinski definition) is 5. The summed E-state index contributed by atoms with van der Waals surface area (Å²) >= 11 is 0. The van der Waals surface area contributed by atoms with Gasteiger partial charge in [0.15, 0.2) is 0 Å². The van der Waals surface area contributed by atoms with Crippen LogP contribution in [0.3, 0.4) is 0 Å². The molecule has 0 aromatic heterocycles. The van der Waals surface area contributed by atoms with Gasteiger partial charge in [-0.2, -0.15) is 8.42 Å². The molecule has 0 radical (unpaired) electrons. The first-order valence-electron chi connectivity index (χ1n) is 8.51. The molecule has 0 bridgehead atoms. The summed E-state index contributed by atoms with van der Waals surface area (Å²) in [5, 5.41) is 9.63. The fourth-order valence-electron chi connectivity index (χ4n) is 4.01. The normalized spacial score (nSPS) is 21.2. The number of nitrogens with zero attached hydrogens (tertiary/aromatic N) is 1. The quantitative estimate of drug-likeness (QED) is 0.636. The maximum absolute atomic E-state index is 12.7. The molecule has 6 heteroatoms. The second-order valence-corrected chi connectivity index (χ2v) is 9.60. The standard InChI is InChI=1S/C19H29NO4S/c1-7-10-20-18(3,4)12-16(13-19(20,5)6)24-25(22,23)17-11-15(21)9-8-14(17)2/h7-9,11,16,21H,1,10,12-13H2,2-6H3. The molecule has 0 amide bonds. The highest BCUT2D eigenvalue weighted by atomic mass is 32.2. The van der Waals surface area contributed by atoms with Crippen molar-refractivity contribution in [3.05, 3.63) is 36.4 Å². The lowest BCUT2D eigenvalue weighted by atomic mass is 9.78. The van der Waals surface area contributed by atoms with Crippen molar-refractivity contribution in [1.29, 1.82) is 0 Å². The van der Waals surface area contributed by atoms with Crippen LogP contribution in [0.2, 0.25) is 0 Å². The highest BCUT2D eigenvalue weighted by molar-refractivity contribution is 7.86. The lowest BCUT2D eigenvalue weighted by molar-refractivity contribution is -0.0640. The number of piperidine rings is 1. The number of hydrogen-bond donors (Lipinski definition) is 1. The van der Waals surface area contributed by atoms with Crippen LogP contribution < -0.4 is 0 Å². The van der Waals surface area contributed by atoms with Crippen molar-refractivity contribution < 1.29 is 17.7 Å². The third kappa shape index (κ3) is 4.25. The fraction of sp³-hybridized carbons (Fsp3) is 0.579. The molecule has 0 atom stereocenters. The molecule has 1 heterocycles. The molecule has 1 aromatic carbocycles. The number of rotatable bonds is 5. The molecule has 0 spiro atoms. The largest absolute Gasteiger partial charge is 0.508 e. The molecule has 0 aliphatic carbocycles. The fourth-order valence-corrected chi connectivity index (χ4v) is 5.33. The first kappa shape index (κ1) is 19.9. The first-order valence-corrected chi connectivity index (χ1v) is 9.91. The molecule has 25 heavy (non-hydrogen) atoms. The highest BCUT2D eigenvalue weighted by Gasteiger charge is 2.46. The minimum Gasteiger partial charge on any atom is -0.508 e. The van der Waals surface area contributed by atoms with Crippen LogP contribution >= 0.6 is 0 Å². The zero-order valence-electron chi connectivity index (χ0n) is 15.7. The van der Waals surface area contributed by atoms with E-state index in [2.05, 4.69) is 39.2 Å². The summed E-state index contributed by atoms with van der Waals surface area (Å²) in [5.74, 6) is -0.0887. The number of aryl methyl sites for hydroxylation is 1. The molecule has 0 unspecified atom stereocenters. The molecular weight excluding hydrogens is 338 g/mol. The third-order valence-corrected chi connectivity index (χ3v) is 6.44. The van der Waals surface area contributed by atoms with Crippen molar-refractivity contribution in [3.63, 3.8) is 0 Å². The summed E-state index contributed by atoms with van der Waals surface area (Å²) in [6.45, 7) is 14.7. The van der Waals surface area contributed by atoms with E-state index in [0.717, 1.165) is 6.54 Å². The smallest absolute Gasteiger partial charge is 0.297 e. The monoisotopic (exact) mass is 367 g/mol. The minimum atomic E-state index is -3.94. The topological polar surface area (TPSA) is 66.8 Å². The van der Waals surface area contributed by atoms with E-state index in [1.807, 2.05) is 6.08 Å². The van der Waals surface area contributed by atoms with Crippen LogP contribution in [0.25, 0.3) is 0 Å². The van der Waals surface area contributed by atoms with Crippen LogP contribution in [-0.2, 0) is 14.3 Å². The maximum Gasteiger partial charge on any atom is 0.297 e. The Balaban J connectivity index is 2.29. The number of benzene rings is 1. The second-order valence-electron chi connectivity index (χ2n) is 8.05. The summed E-state index contributed by atoms with van der Waals surface area (Å²) in [7, 11) is -3.94. The molecule has 0 saturated carbocycles. The van der Waals surface area contributed by atoms with Gasteiger partial charge in [0, 0.05) is 23.7 Å². The average molecular weight is 368 g/mol. The number of likely N-dealkylation sites (tertiary alicyclic amines) is 1. The van der Waals surface area contributed by atoms with Gasteiger partial charge in [-0.1, -0.05) is 12.1 Å². The van der Waals surface area contributed by atoms with E-state index >= 15 is 0 Å². The molecule has 1 N–H and O–H groups in total. The maximum atomic E-state index is 12.7. The molecule has 1 fully saturated rings. The summed E-state index contributed by atoms with van der Waals surface area (Å²) in [6, 6.07) is 4.29. The van der Waals surface area contributed by atoms with Gasteiger partial charge in [-0.3, -0.25) is 9.08 Å². The Morgan fingerprint density at radius 1 is 1.28 bits per heavy atom. The van der Waals surface area contributed by atoms with E-state index in [1.54, 1.807) is 13.0 Å². The van der Waals surface area contributed by atoms with Gasteiger partial charge in [-0.05, 0) is 59.1 Å². The predicted octanol–water partition coefficient (Wildman–Crippen LogP) is 3.61. The third-order valence-electron chi connectivity index (χ3n) is 4.93. The molecule has 1 saturated heterocycles. The van der Waals surface area contributed by atoms with Crippen molar-refractivity contribution in [1.82, 2.24) is 4.90 Å². The number of phenolic OH excluding ortho intramolecular Hbond substituents is 1. The molecule has 1 aromatic rings. The van der Waals surface area contributed by atoms with Crippen molar-refractivity contribution in [2.24, 2.45) is 0 Å². The van der Waals surface area contributed by atoms with Gasteiger partial charge in [0.2, 0.25) is 0 Å². The molecule has 5 nitrogen and oxygen atoms in total. The van der Waals surface area contributed by atoms with E-state index in [-0.39, 0.29) is 21.7 Å². The van der Waals surface area contributed by atoms with Gasteiger partial charge in [0.1, 0.15) is 10.6 Å². The summed E-state index contributed by atoms with van der Waals surface area (Å²) in [6.07, 6.45) is 2.65. The van der Waals surface area contributed by atoms with Crippen molar-refractivity contribution in [2.45, 2.75) is 69.5 Å². The minimum absolute atomic E-state index is 0.0247. The van der Waals surface area contributed by atoms with E-state index in [4.69, 9.17) is 4.18 Å². The Morgan fingerprint density at radius 2 is 1.84 bits per heavy atom. The van der Waals surface area contributed by atoms with Crippen molar-refractivity contribution in [3.8, 4) is 5.75 Å². The Kier molecular flexibility index (Phi) is 5.38. The van der Waals surface area contributed by atoms with Gasteiger partial charge in [-0.25, -0.2) is 0 Å². The Morgan fingerprint density at radius 3 is 2.36 bits per heavy atom. The van der Waals surface area contributed by atoms with Crippen LogP contribution in [0, 0.1) is 6.92 Å². The van der Waals surface area contributed by atoms with Crippen LogP contribution in [0.15, 0.2) is 35.7 Å². The van der Waals surface area contributed by atoms with Gasteiger partial charge in [0.05, 0.1) is 6.10 Å². The van der Waals surface area contributed by atoms with E-state index < -0.39 is 16.2 Å². The Labute approximate surface area is 151 Å². The summed E-state index contributed by atoms with van der Waals surface area (Å²) < 4.78 is 31.1. The van der Waals surface area contributed by atoms with Gasteiger partial charge in [0.25, 0.3) is 10.1 Å². The van der Waals surface area contributed by atoms with E-state index in [0.29, 0.717) is 18.4 Å². The van der Waals surface area contributed by atoms with Crippen LogP contribution in [0.5, 0.6) is 5.75 Å². The van der Waals surface area contributed by atoms with Gasteiger partial charge >= 0.3 is 0 Å². The molecule has 1 aliphatic heterocycles. The molecule has 140 valence electrons. The molecular formula is C19H29NO4S. The van der Waals surface area contributed by atoms with Crippen LogP contribution in [0.4, 0.5) is 0 Å². The zero-order valence-corrected chi connectivity index (χ0v) is 16.6. The number of aromatic hydroxyl groups is 1. The molecule has 1 aliphatic rings. The van der Waals surface area contributed by atoms with Crippen molar-refractivity contribution >= 4 is 10.1 Å². The Hall–Kier alpha value is -1.37. The SMILES string of the molecule is C=CCN1C(C)(C)CC(OS(=O)(=O)c2cc(O)ccc2C)CC1(C)C. The summed E-state index contributed by atoms with van der Waals surface area (Å²) in [5.41, 5.74) is 0.119. The van der Waals surface area contributed by atoms with Crippen molar-refractivity contribution in [2.75, 3.05) is 6.54 Å². The van der Waals surface area contributed by atoms with Crippen LogP contribution in [0.1, 0.15) is 46.1 Å². The second kappa shape index (κ2) is 6.74. The lowest BCUT2D eigenvalue weighted by Gasteiger charge is -2.54. The van der Waals surface area contributed by atoms with Gasteiger partial charge < -0.3 is 5.11 Å². The summed E-state index contributed by atoms with van der Waals surface area (Å²) in [4.78, 5) is 2.36. The average Bonchev–Trinajstić information content (AvgIpc) is 2.44. The zero-order chi connectivity index (χ0) is 19.0. The van der Waals surface area contributed by atoms with E-state index in [1.165, 1.54) is 12.1 Å². The predicted molar refractivity (Wildman–Crippen MR) is 99.2 cm³/mol. The Bertz CT molecular complexity index is 735. The highest BCUT2D eigenvalue weighted by Crippen LogP contribution is 2.40. The lowest BCUT2D eigenvalue weighted by Crippen LogP contribution is -2.62. The van der Waals surface area contributed by atoms with E-state index in [9.17, 15) is 13.5 Å². The van der Waals surface area contributed by atoms with Crippen LogP contribution in [-0.4, -0.2) is 42.2 Å². The van der Waals surface area contributed by atoms with Gasteiger partial charge in [-0.15, -0.1) is 6.58 Å². The first-order chi connectivity index (χ1) is 11.4. The molecule has 2 rings (SSSR count).